The lowest BCUT2D eigenvalue weighted by Gasteiger charge is -2.11. The van der Waals surface area contributed by atoms with Gasteiger partial charge in [0.1, 0.15) is 5.58 Å². The minimum Gasteiger partial charge on any atom is -0.454 e. The molecule has 0 unspecified atom stereocenters. The molecule has 0 N–H and O–H groups in total. The van der Waals surface area contributed by atoms with E-state index in [0.717, 1.165) is 60.8 Å². The molecule has 0 fully saturated rings. The van der Waals surface area contributed by atoms with Crippen LogP contribution in [-0.2, 0) is 0 Å². The van der Waals surface area contributed by atoms with Crippen molar-refractivity contribution in [2.24, 2.45) is 0 Å². The van der Waals surface area contributed by atoms with Crippen molar-refractivity contribution in [3.63, 3.8) is 0 Å². The molecule has 0 radical (unpaired) electrons. The van der Waals surface area contributed by atoms with Crippen molar-refractivity contribution in [2.45, 2.75) is 6.92 Å². The molecule has 0 aliphatic rings. The second kappa shape index (κ2) is 8.36. The van der Waals surface area contributed by atoms with Gasteiger partial charge in [0.15, 0.2) is 11.3 Å². The SMILES string of the molecule is [C-]#[N+]c1ccc2c3ccccc3n(-c3ccc4c(c3)c3ccccc3n4-c3cccc4c3oc3ccc(C)cc34)c2c1. The zero-order valence-electron chi connectivity index (χ0n) is 22.8. The number of hydrogen-bond donors (Lipinski definition) is 0. The predicted molar refractivity (Wildman–Crippen MR) is 173 cm³/mol. The molecule has 0 saturated heterocycles. The predicted octanol–water partition coefficient (Wildman–Crippen LogP) is 10.6. The van der Waals surface area contributed by atoms with Gasteiger partial charge in [0, 0.05) is 43.5 Å². The number of nitrogens with zero attached hydrogens (tertiary/aromatic N) is 3. The minimum absolute atomic E-state index is 0.637. The summed E-state index contributed by atoms with van der Waals surface area (Å²) in [6, 6.07) is 42.5. The van der Waals surface area contributed by atoms with E-state index in [1.165, 1.54) is 21.7 Å². The van der Waals surface area contributed by atoms with Gasteiger partial charge in [0.05, 0.1) is 28.8 Å². The van der Waals surface area contributed by atoms with Crippen molar-refractivity contribution in [1.82, 2.24) is 9.13 Å². The molecule has 3 aromatic heterocycles. The van der Waals surface area contributed by atoms with E-state index in [4.69, 9.17) is 11.0 Å². The first-order chi connectivity index (χ1) is 20.7. The zero-order valence-corrected chi connectivity index (χ0v) is 22.8. The Morgan fingerprint density at radius 1 is 0.548 bits per heavy atom. The standard InChI is InChI=1S/C38H23N3O/c1-23-14-19-37-31(20-23)29-10-7-13-35(38(29)42-37)41-33-12-6-4-9-27(33)30-22-25(16-18-34(30)41)40-32-11-5-3-8-26(32)28-17-15-24(39-2)21-36(28)40/h3-22H,1H3. The number of hydrogen-bond acceptors (Lipinski definition) is 1. The highest BCUT2D eigenvalue weighted by Crippen LogP contribution is 2.40. The van der Waals surface area contributed by atoms with E-state index in [0.29, 0.717) is 5.69 Å². The highest BCUT2D eigenvalue weighted by molar-refractivity contribution is 6.14. The molecule has 0 aliphatic carbocycles. The van der Waals surface area contributed by atoms with E-state index in [-0.39, 0.29) is 0 Å². The van der Waals surface area contributed by atoms with E-state index in [1.807, 2.05) is 12.1 Å². The first kappa shape index (κ1) is 23.0. The Labute approximate surface area is 241 Å². The van der Waals surface area contributed by atoms with E-state index in [9.17, 15) is 0 Å². The Morgan fingerprint density at radius 2 is 1.26 bits per heavy atom. The van der Waals surface area contributed by atoms with Gasteiger partial charge in [-0.05, 0) is 61.5 Å². The Bertz CT molecular complexity index is 2600. The molecule has 42 heavy (non-hydrogen) atoms. The second-order valence-electron chi connectivity index (χ2n) is 11.0. The van der Waals surface area contributed by atoms with Crippen molar-refractivity contribution < 1.29 is 4.42 Å². The van der Waals surface area contributed by atoms with Gasteiger partial charge in [-0.3, -0.25) is 0 Å². The lowest BCUT2D eigenvalue weighted by molar-refractivity contribution is 0.666. The molecular formula is C38H23N3O. The van der Waals surface area contributed by atoms with Gasteiger partial charge in [-0.1, -0.05) is 72.3 Å². The molecule has 196 valence electrons. The van der Waals surface area contributed by atoms with Crippen LogP contribution < -0.4 is 0 Å². The maximum Gasteiger partial charge on any atom is 0.189 e. The summed E-state index contributed by atoms with van der Waals surface area (Å²) in [7, 11) is 0. The number of aryl methyl sites for hydroxylation is 1. The first-order valence-corrected chi connectivity index (χ1v) is 14.1. The fourth-order valence-corrected chi connectivity index (χ4v) is 6.74. The topological polar surface area (TPSA) is 27.4 Å². The Balaban J connectivity index is 1.36. The van der Waals surface area contributed by atoms with Gasteiger partial charge in [-0.25, -0.2) is 4.85 Å². The number of aromatic nitrogens is 2. The van der Waals surface area contributed by atoms with Crippen LogP contribution in [0.25, 0.3) is 81.8 Å². The quantitative estimate of drug-likeness (QED) is 0.202. The lowest BCUT2D eigenvalue weighted by Crippen LogP contribution is -1.96. The third-order valence-electron chi connectivity index (χ3n) is 8.57. The van der Waals surface area contributed by atoms with Gasteiger partial charge in [0.2, 0.25) is 0 Å². The van der Waals surface area contributed by atoms with E-state index < -0.39 is 0 Å². The molecular weight excluding hydrogens is 514 g/mol. The summed E-state index contributed by atoms with van der Waals surface area (Å²) < 4.78 is 11.1. The van der Waals surface area contributed by atoms with Crippen LogP contribution in [0, 0.1) is 13.5 Å². The van der Waals surface area contributed by atoms with Crippen molar-refractivity contribution in [2.75, 3.05) is 0 Å². The largest absolute Gasteiger partial charge is 0.454 e. The highest BCUT2D eigenvalue weighted by atomic mass is 16.3. The smallest absolute Gasteiger partial charge is 0.189 e. The van der Waals surface area contributed by atoms with Gasteiger partial charge in [-0.15, -0.1) is 0 Å². The third-order valence-corrected chi connectivity index (χ3v) is 8.57. The summed E-state index contributed by atoms with van der Waals surface area (Å²) in [6.45, 7) is 9.74. The van der Waals surface area contributed by atoms with Crippen molar-refractivity contribution >= 4 is 71.2 Å². The van der Waals surface area contributed by atoms with Crippen LogP contribution in [-0.4, -0.2) is 9.13 Å². The fourth-order valence-electron chi connectivity index (χ4n) is 6.74. The Kier molecular flexibility index (Phi) is 4.57. The van der Waals surface area contributed by atoms with Crippen LogP contribution in [0.2, 0.25) is 0 Å². The Morgan fingerprint density at radius 3 is 2.10 bits per heavy atom. The zero-order chi connectivity index (χ0) is 27.9. The van der Waals surface area contributed by atoms with E-state index in [2.05, 4.69) is 130 Å². The van der Waals surface area contributed by atoms with Crippen LogP contribution in [0.3, 0.4) is 0 Å². The molecule has 0 amide bonds. The normalized spacial score (nSPS) is 11.9. The molecule has 9 rings (SSSR count). The van der Waals surface area contributed by atoms with E-state index >= 15 is 0 Å². The van der Waals surface area contributed by atoms with Crippen LogP contribution in [0.15, 0.2) is 126 Å². The highest BCUT2D eigenvalue weighted by Gasteiger charge is 2.19. The molecule has 6 aromatic carbocycles. The van der Waals surface area contributed by atoms with Crippen LogP contribution >= 0.6 is 0 Å². The number of benzene rings is 6. The molecule has 0 spiro atoms. The van der Waals surface area contributed by atoms with Crippen LogP contribution in [0.1, 0.15) is 5.56 Å². The average molecular weight is 538 g/mol. The number of para-hydroxylation sites is 3. The molecule has 0 atom stereocenters. The van der Waals surface area contributed by atoms with Crippen LogP contribution in [0.5, 0.6) is 0 Å². The van der Waals surface area contributed by atoms with E-state index in [1.54, 1.807) is 0 Å². The van der Waals surface area contributed by atoms with Crippen LogP contribution in [0.4, 0.5) is 5.69 Å². The summed E-state index contributed by atoms with van der Waals surface area (Å²) >= 11 is 0. The Hall–Kier alpha value is -5.79. The van der Waals surface area contributed by atoms with Gasteiger partial charge in [0.25, 0.3) is 0 Å². The molecule has 0 saturated carbocycles. The molecule has 3 heterocycles. The molecule has 0 bridgehead atoms. The molecule has 9 aromatic rings. The van der Waals surface area contributed by atoms with Gasteiger partial charge < -0.3 is 13.6 Å². The maximum absolute atomic E-state index is 7.62. The molecule has 4 heteroatoms. The number of furan rings is 1. The van der Waals surface area contributed by atoms with Crippen molar-refractivity contribution in [3.05, 3.63) is 138 Å². The van der Waals surface area contributed by atoms with Crippen molar-refractivity contribution in [1.29, 1.82) is 0 Å². The third kappa shape index (κ3) is 3.05. The maximum atomic E-state index is 7.62. The molecule has 4 nitrogen and oxygen atoms in total. The van der Waals surface area contributed by atoms with Crippen molar-refractivity contribution in [3.8, 4) is 11.4 Å². The summed E-state index contributed by atoms with van der Waals surface area (Å²) in [5, 5.41) is 6.93. The minimum atomic E-state index is 0.637. The fraction of sp³-hybridized carbons (Fsp3) is 0.0263. The second-order valence-corrected chi connectivity index (χ2v) is 11.0. The first-order valence-electron chi connectivity index (χ1n) is 14.1. The summed E-state index contributed by atoms with van der Waals surface area (Å²) in [4.78, 5) is 3.72. The summed E-state index contributed by atoms with van der Waals surface area (Å²) in [5.41, 5.74) is 10.1. The monoisotopic (exact) mass is 537 g/mol. The van der Waals surface area contributed by atoms with Gasteiger partial charge >= 0.3 is 0 Å². The van der Waals surface area contributed by atoms with Gasteiger partial charge in [-0.2, -0.15) is 0 Å². The number of rotatable bonds is 2. The number of fused-ring (bicyclic) bond motifs is 9. The average Bonchev–Trinajstić information content (AvgIpc) is 3.68. The molecule has 0 aliphatic heterocycles. The summed E-state index contributed by atoms with van der Waals surface area (Å²) in [6.07, 6.45) is 0. The lowest BCUT2D eigenvalue weighted by atomic mass is 10.1. The summed E-state index contributed by atoms with van der Waals surface area (Å²) in [5.74, 6) is 0.